The Morgan fingerprint density at radius 2 is 1.79 bits per heavy atom. The number of nitrogens with one attached hydrogen (secondary N) is 1. The fourth-order valence-corrected chi connectivity index (χ4v) is 3.67. The van der Waals surface area contributed by atoms with Gasteiger partial charge in [0.05, 0.1) is 19.8 Å². The molecule has 1 saturated heterocycles. The van der Waals surface area contributed by atoms with E-state index >= 15 is 0 Å². The predicted octanol–water partition coefficient (Wildman–Crippen LogP) is 2.36. The van der Waals surface area contributed by atoms with Crippen molar-refractivity contribution in [2.24, 2.45) is 0 Å². The Morgan fingerprint density at radius 3 is 2.62 bits per heavy atom. The number of morpholine rings is 1. The third-order valence-corrected chi connectivity index (χ3v) is 5.02. The van der Waals surface area contributed by atoms with Gasteiger partial charge in [-0.1, -0.05) is 18.2 Å². The van der Waals surface area contributed by atoms with E-state index in [0.29, 0.717) is 43.5 Å². The lowest BCUT2D eigenvalue weighted by atomic mass is 10.1. The number of hydrogen-bond acceptors (Lipinski definition) is 6. The number of hydrogen-bond donors (Lipinski definition) is 1. The first-order chi connectivity index (χ1) is 14.2. The van der Waals surface area contributed by atoms with E-state index in [0.717, 1.165) is 26.3 Å². The first kappa shape index (κ1) is 19.5. The molecule has 2 aromatic rings. The number of para-hydroxylation sites is 1. The van der Waals surface area contributed by atoms with Crippen molar-refractivity contribution in [3.8, 4) is 11.5 Å². The van der Waals surface area contributed by atoms with Gasteiger partial charge in [-0.2, -0.15) is 0 Å². The Hall–Kier alpha value is -2.77. The molecule has 0 aromatic heterocycles. The molecule has 2 aromatic carbocycles. The minimum Gasteiger partial charge on any atom is -0.486 e. The third-order valence-electron chi connectivity index (χ3n) is 5.02. The summed E-state index contributed by atoms with van der Waals surface area (Å²) in [5, 5.41) is 2.94. The fraction of sp³-hybridized carbons (Fsp3) is 0.409. The summed E-state index contributed by atoms with van der Waals surface area (Å²) < 4.78 is 16.6. The van der Waals surface area contributed by atoms with Crippen molar-refractivity contribution in [1.82, 2.24) is 4.90 Å². The van der Waals surface area contributed by atoms with Crippen LogP contribution in [0, 0.1) is 0 Å². The van der Waals surface area contributed by atoms with Crippen molar-refractivity contribution in [3.63, 3.8) is 0 Å². The van der Waals surface area contributed by atoms with Crippen molar-refractivity contribution >= 4 is 17.3 Å². The summed E-state index contributed by atoms with van der Waals surface area (Å²) in [6.07, 6.45) is 0. The molecular weight excluding hydrogens is 370 g/mol. The second-order valence-electron chi connectivity index (χ2n) is 7.31. The standard InChI is InChI=1S/C22H27N3O4/c1-24(15-17-4-2-3-5-19(17)25-8-10-27-11-9-25)16-22(26)23-18-6-7-20-21(14-18)29-13-12-28-20/h2-7,14H,8-13,15-16H2,1H3,(H,23,26). The molecule has 2 heterocycles. The van der Waals surface area contributed by atoms with Gasteiger partial charge in [0, 0.05) is 37.1 Å². The molecule has 0 atom stereocenters. The summed E-state index contributed by atoms with van der Waals surface area (Å²) in [5.74, 6) is 1.32. The highest BCUT2D eigenvalue weighted by atomic mass is 16.6. The van der Waals surface area contributed by atoms with Crippen LogP contribution < -0.4 is 19.7 Å². The Balaban J connectivity index is 1.35. The zero-order chi connectivity index (χ0) is 20.1. The molecule has 2 aliphatic heterocycles. The van der Waals surface area contributed by atoms with Crippen LogP contribution in [0.1, 0.15) is 5.56 Å². The number of likely N-dealkylation sites (N-methyl/N-ethyl adjacent to an activating group) is 1. The Labute approximate surface area is 171 Å². The summed E-state index contributed by atoms with van der Waals surface area (Å²) >= 11 is 0. The normalized spacial score (nSPS) is 16.0. The number of nitrogens with zero attached hydrogens (tertiary/aromatic N) is 2. The predicted molar refractivity (Wildman–Crippen MR) is 112 cm³/mol. The number of benzene rings is 2. The second kappa shape index (κ2) is 9.15. The molecule has 0 saturated carbocycles. The molecule has 7 heteroatoms. The van der Waals surface area contributed by atoms with Crippen molar-refractivity contribution in [2.45, 2.75) is 6.54 Å². The molecule has 4 rings (SSSR count). The van der Waals surface area contributed by atoms with Gasteiger partial charge in [0.15, 0.2) is 11.5 Å². The van der Waals surface area contributed by atoms with E-state index in [1.54, 1.807) is 6.07 Å². The van der Waals surface area contributed by atoms with E-state index in [4.69, 9.17) is 14.2 Å². The number of fused-ring (bicyclic) bond motifs is 1. The smallest absolute Gasteiger partial charge is 0.238 e. The maximum absolute atomic E-state index is 12.5. The van der Waals surface area contributed by atoms with Crippen molar-refractivity contribution in [1.29, 1.82) is 0 Å². The first-order valence-electron chi connectivity index (χ1n) is 9.98. The topological polar surface area (TPSA) is 63.3 Å². The monoisotopic (exact) mass is 397 g/mol. The van der Waals surface area contributed by atoms with Gasteiger partial charge in [0.1, 0.15) is 13.2 Å². The summed E-state index contributed by atoms with van der Waals surface area (Å²) in [6, 6.07) is 13.8. The molecule has 0 spiro atoms. The molecule has 154 valence electrons. The minimum atomic E-state index is -0.0620. The van der Waals surface area contributed by atoms with Gasteiger partial charge in [-0.3, -0.25) is 9.69 Å². The van der Waals surface area contributed by atoms with Crippen LogP contribution in [0.3, 0.4) is 0 Å². The molecule has 0 unspecified atom stereocenters. The van der Waals surface area contributed by atoms with Gasteiger partial charge in [0.2, 0.25) is 5.91 Å². The van der Waals surface area contributed by atoms with Crippen LogP contribution in [0.5, 0.6) is 11.5 Å². The molecule has 1 amide bonds. The number of amides is 1. The molecule has 29 heavy (non-hydrogen) atoms. The highest BCUT2D eigenvalue weighted by Crippen LogP contribution is 2.32. The zero-order valence-corrected chi connectivity index (χ0v) is 16.7. The van der Waals surface area contributed by atoms with Crippen molar-refractivity contribution < 1.29 is 19.0 Å². The van der Waals surface area contributed by atoms with Crippen LogP contribution in [0.4, 0.5) is 11.4 Å². The SMILES string of the molecule is CN(CC(=O)Nc1ccc2c(c1)OCCO2)Cc1ccccc1N1CCOCC1. The van der Waals surface area contributed by atoms with E-state index in [2.05, 4.69) is 28.4 Å². The maximum Gasteiger partial charge on any atom is 0.238 e. The summed E-state index contributed by atoms with van der Waals surface area (Å²) in [4.78, 5) is 16.9. The average molecular weight is 397 g/mol. The summed E-state index contributed by atoms with van der Waals surface area (Å²) in [6.45, 7) is 5.36. The van der Waals surface area contributed by atoms with E-state index in [1.165, 1.54) is 11.3 Å². The molecule has 1 fully saturated rings. The molecule has 7 nitrogen and oxygen atoms in total. The minimum absolute atomic E-state index is 0.0620. The van der Waals surface area contributed by atoms with Gasteiger partial charge < -0.3 is 24.4 Å². The summed E-state index contributed by atoms with van der Waals surface area (Å²) in [7, 11) is 1.96. The Bertz CT molecular complexity index is 852. The zero-order valence-electron chi connectivity index (χ0n) is 16.7. The molecule has 2 aliphatic rings. The highest BCUT2D eigenvalue weighted by Gasteiger charge is 2.17. The first-order valence-corrected chi connectivity index (χ1v) is 9.98. The maximum atomic E-state index is 12.5. The van der Waals surface area contributed by atoms with Crippen LogP contribution in [-0.4, -0.2) is 63.9 Å². The van der Waals surface area contributed by atoms with Crippen LogP contribution in [0.25, 0.3) is 0 Å². The largest absolute Gasteiger partial charge is 0.486 e. The number of anilines is 2. The second-order valence-corrected chi connectivity index (χ2v) is 7.31. The van der Waals surface area contributed by atoms with Gasteiger partial charge in [0.25, 0.3) is 0 Å². The molecular formula is C22H27N3O4. The fourth-order valence-electron chi connectivity index (χ4n) is 3.67. The van der Waals surface area contributed by atoms with Crippen LogP contribution in [-0.2, 0) is 16.1 Å². The number of ether oxygens (including phenoxy) is 3. The highest BCUT2D eigenvalue weighted by molar-refractivity contribution is 5.92. The van der Waals surface area contributed by atoms with Gasteiger partial charge in [-0.05, 0) is 30.8 Å². The van der Waals surface area contributed by atoms with E-state index in [-0.39, 0.29) is 5.91 Å². The molecule has 0 radical (unpaired) electrons. The van der Waals surface area contributed by atoms with Gasteiger partial charge in [-0.15, -0.1) is 0 Å². The average Bonchev–Trinajstić information content (AvgIpc) is 2.74. The number of carbonyl (C=O) groups is 1. The Kier molecular flexibility index (Phi) is 6.17. The quantitative estimate of drug-likeness (QED) is 0.808. The number of rotatable bonds is 6. The molecule has 1 N–H and O–H groups in total. The summed E-state index contributed by atoms with van der Waals surface area (Å²) in [5.41, 5.74) is 3.14. The van der Waals surface area contributed by atoms with Gasteiger partial charge >= 0.3 is 0 Å². The van der Waals surface area contributed by atoms with Crippen LogP contribution >= 0.6 is 0 Å². The molecule has 0 bridgehead atoms. The van der Waals surface area contributed by atoms with Crippen LogP contribution in [0.15, 0.2) is 42.5 Å². The van der Waals surface area contributed by atoms with Crippen molar-refractivity contribution in [2.75, 3.05) is 63.3 Å². The lowest BCUT2D eigenvalue weighted by molar-refractivity contribution is -0.117. The molecule has 0 aliphatic carbocycles. The lowest BCUT2D eigenvalue weighted by Crippen LogP contribution is -2.37. The van der Waals surface area contributed by atoms with Crippen molar-refractivity contribution in [3.05, 3.63) is 48.0 Å². The van der Waals surface area contributed by atoms with E-state index < -0.39 is 0 Å². The number of carbonyl (C=O) groups excluding carboxylic acids is 1. The third kappa shape index (κ3) is 4.99. The van der Waals surface area contributed by atoms with E-state index in [1.807, 2.05) is 30.1 Å². The Morgan fingerprint density at radius 1 is 1.03 bits per heavy atom. The lowest BCUT2D eigenvalue weighted by Gasteiger charge is -2.31. The van der Waals surface area contributed by atoms with Gasteiger partial charge in [-0.25, -0.2) is 0 Å². The van der Waals surface area contributed by atoms with Crippen LogP contribution in [0.2, 0.25) is 0 Å². The van der Waals surface area contributed by atoms with E-state index in [9.17, 15) is 4.79 Å².